The molecule has 0 aliphatic rings. The minimum absolute atomic E-state index is 0.0309. The monoisotopic (exact) mass is 427 g/mol. The molecule has 10 heteroatoms. The first kappa shape index (κ1) is 19.8. The smallest absolute Gasteiger partial charge is 0.284 e. The molecule has 3 heterocycles. The van der Waals surface area contributed by atoms with Gasteiger partial charge in [-0.2, -0.15) is 0 Å². The van der Waals surface area contributed by atoms with Crippen LogP contribution >= 0.6 is 22.0 Å². The minimum atomic E-state index is -4.20. The zero-order valence-electron chi connectivity index (χ0n) is 15.0. The third kappa shape index (κ3) is 3.71. The zero-order valence-corrected chi connectivity index (χ0v) is 17.4. The Morgan fingerprint density at radius 3 is 2.56 bits per heavy atom. The van der Waals surface area contributed by atoms with Crippen LogP contribution in [0.25, 0.3) is 10.2 Å². The maximum absolute atomic E-state index is 12.7. The summed E-state index contributed by atoms with van der Waals surface area (Å²) in [7, 11) is 2.84. The Kier molecular flexibility index (Phi) is 5.29. The summed E-state index contributed by atoms with van der Waals surface area (Å²) in [6, 6.07) is 3.55. The quantitative estimate of drug-likeness (QED) is 0.583. The molecule has 0 aliphatic heterocycles. The molecule has 27 heavy (non-hydrogen) atoms. The summed E-state index contributed by atoms with van der Waals surface area (Å²) in [6.45, 7) is 4.23. The largest absolute Gasteiger partial charge is 0.331 e. The van der Waals surface area contributed by atoms with Crippen molar-refractivity contribution in [1.29, 1.82) is 0 Å². The number of fused-ring (bicyclic) bond motifs is 1. The molecule has 0 fully saturated rings. The average molecular weight is 428 g/mol. The van der Waals surface area contributed by atoms with Crippen LogP contribution in [0.4, 0.5) is 0 Å². The van der Waals surface area contributed by atoms with Crippen molar-refractivity contribution in [2.75, 3.05) is 0 Å². The summed E-state index contributed by atoms with van der Waals surface area (Å²) in [5, 5.41) is -0.0309. The number of aromatic nitrogens is 3. The molecule has 0 atom stereocenters. The van der Waals surface area contributed by atoms with Gasteiger partial charge in [-0.05, 0) is 17.5 Å². The lowest BCUT2D eigenvalue weighted by Gasteiger charge is -2.11. The van der Waals surface area contributed by atoms with E-state index in [0.717, 1.165) is 21.5 Å². The fourth-order valence-electron chi connectivity index (χ4n) is 2.94. The van der Waals surface area contributed by atoms with E-state index in [4.69, 9.17) is 10.7 Å². The number of halogens is 1. The van der Waals surface area contributed by atoms with Crippen molar-refractivity contribution in [3.8, 4) is 0 Å². The Morgan fingerprint density at radius 1 is 1.30 bits per heavy atom. The molecule has 0 aromatic carbocycles. The first-order valence-corrected chi connectivity index (χ1v) is 11.3. The van der Waals surface area contributed by atoms with Crippen molar-refractivity contribution in [3.63, 3.8) is 0 Å². The molecule has 0 saturated carbocycles. The van der Waals surface area contributed by atoms with Crippen LogP contribution < -0.4 is 11.2 Å². The van der Waals surface area contributed by atoms with E-state index >= 15 is 0 Å². The number of pyridine rings is 1. The first-order valence-electron chi connectivity index (χ1n) is 8.20. The summed E-state index contributed by atoms with van der Waals surface area (Å²) >= 11 is 1.11. The van der Waals surface area contributed by atoms with Gasteiger partial charge >= 0.3 is 5.69 Å². The predicted octanol–water partition coefficient (Wildman–Crippen LogP) is 2.33. The molecule has 0 amide bonds. The van der Waals surface area contributed by atoms with E-state index in [1.165, 1.54) is 11.6 Å². The van der Waals surface area contributed by atoms with Gasteiger partial charge in [0.2, 0.25) is 0 Å². The molecular weight excluding hydrogens is 410 g/mol. The standard InChI is InChI=1S/C17H18ClN3O4S2/c1-10(2)9-21-16-13(15(22)20(3)17(21)23)14(27(18,24)25)12(26-16)7-11-5-4-6-19-8-11/h4-6,8,10H,7,9H2,1-3H3. The van der Waals surface area contributed by atoms with Crippen molar-refractivity contribution in [1.82, 2.24) is 14.1 Å². The van der Waals surface area contributed by atoms with Crippen LogP contribution in [0.1, 0.15) is 24.3 Å². The van der Waals surface area contributed by atoms with E-state index in [1.54, 1.807) is 24.5 Å². The second-order valence-corrected chi connectivity index (χ2v) is 10.2. The summed E-state index contributed by atoms with van der Waals surface area (Å²) in [5.41, 5.74) is -0.364. The topological polar surface area (TPSA) is 91.0 Å². The average Bonchev–Trinajstić information content (AvgIpc) is 2.97. The van der Waals surface area contributed by atoms with Gasteiger partial charge in [0.1, 0.15) is 9.73 Å². The fourth-order valence-corrected chi connectivity index (χ4v) is 6.10. The van der Waals surface area contributed by atoms with Crippen molar-refractivity contribution < 1.29 is 8.42 Å². The van der Waals surface area contributed by atoms with Crippen LogP contribution in [-0.2, 0) is 29.1 Å². The van der Waals surface area contributed by atoms with Crippen LogP contribution in [0, 0.1) is 5.92 Å². The normalized spacial score (nSPS) is 12.2. The SMILES string of the molecule is CC(C)Cn1c(=O)n(C)c(=O)c2c(S(=O)(=O)Cl)c(Cc3cccnc3)sc21. The lowest BCUT2D eigenvalue weighted by molar-refractivity contribution is 0.504. The molecule has 0 unspecified atom stereocenters. The van der Waals surface area contributed by atoms with E-state index < -0.39 is 20.3 Å². The number of hydrogen-bond acceptors (Lipinski definition) is 6. The Morgan fingerprint density at radius 2 is 2.00 bits per heavy atom. The zero-order chi connectivity index (χ0) is 19.9. The van der Waals surface area contributed by atoms with E-state index in [9.17, 15) is 18.0 Å². The fraction of sp³-hybridized carbons (Fsp3) is 0.353. The molecular formula is C17H18ClN3O4S2. The van der Waals surface area contributed by atoms with Crippen LogP contribution in [0.3, 0.4) is 0 Å². The molecule has 0 bridgehead atoms. The van der Waals surface area contributed by atoms with Gasteiger partial charge in [0.15, 0.2) is 0 Å². The van der Waals surface area contributed by atoms with Gasteiger partial charge in [-0.3, -0.25) is 18.9 Å². The maximum atomic E-state index is 12.7. The van der Waals surface area contributed by atoms with Crippen LogP contribution in [0.2, 0.25) is 0 Å². The molecule has 0 N–H and O–H groups in total. The van der Waals surface area contributed by atoms with E-state index in [0.29, 0.717) is 16.3 Å². The highest BCUT2D eigenvalue weighted by molar-refractivity contribution is 8.14. The molecule has 3 aromatic heterocycles. The summed E-state index contributed by atoms with van der Waals surface area (Å²) < 4.78 is 27.0. The molecule has 0 spiro atoms. The Labute approximate surface area is 164 Å². The van der Waals surface area contributed by atoms with Gasteiger partial charge in [0.05, 0.1) is 5.39 Å². The minimum Gasteiger partial charge on any atom is -0.284 e. The Balaban J connectivity index is 2.42. The molecule has 0 aliphatic carbocycles. The molecule has 0 saturated heterocycles. The lowest BCUT2D eigenvalue weighted by Crippen LogP contribution is -2.38. The maximum Gasteiger partial charge on any atom is 0.331 e. The van der Waals surface area contributed by atoms with Gasteiger partial charge in [-0.1, -0.05) is 19.9 Å². The van der Waals surface area contributed by atoms with Crippen molar-refractivity contribution in [2.24, 2.45) is 13.0 Å². The predicted molar refractivity (Wildman–Crippen MR) is 106 cm³/mol. The van der Waals surface area contributed by atoms with Crippen molar-refractivity contribution in [3.05, 3.63) is 55.8 Å². The highest BCUT2D eigenvalue weighted by atomic mass is 35.7. The van der Waals surface area contributed by atoms with Crippen LogP contribution in [-0.4, -0.2) is 22.5 Å². The Hall–Kier alpha value is -1.97. The second kappa shape index (κ2) is 7.21. The van der Waals surface area contributed by atoms with E-state index in [2.05, 4.69) is 4.98 Å². The molecule has 144 valence electrons. The summed E-state index contributed by atoms with van der Waals surface area (Å²) in [4.78, 5) is 29.9. The van der Waals surface area contributed by atoms with Gasteiger partial charge in [0, 0.05) is 48.0 Å². The van der Waals surface area contributed by atoms with Crippen molar-refractivity contribution in [2.45, 2.75) is 31.7 Å². The van der Waals surface area contributed by atoms with Gasteiger partial charge in [0.25, 0.3) is 14.6 Å². The van der Waals surface area contributed by atoms with Gasteiger partial charge in [-0.25, -0.2) is 13.2 Å². The molecule has 0 radical (unpaired) electrons. The first-order chi connectivity index (χ1) is 12.6. The Bertz CT molecular complexity index is 1230. The second-order valence-electron chi connectivity index (χ2n) is 6.66. The van der Waals surface area contributed by atoms with Crippen LogP contribution in [0.15, 0.2) is 39.0 Å². The van der Waals surface area contributed by atoms with E-state index in [1.807, 2.05) is 13.8 Å². The number of nitrogens with zero attached hydrogens (tertiary/aromatic N) is 3. The molecule has 3 aromatic rings. The van der Waals surface area contributed by atoms with Crippen LogP contribution in [0.5, 0.6) is 0 Å². The van der Waals surface area contributed by atoms with Gasteiger partial charge < -0.3 is 0 Å². The molecule has 7 nitrogen and oxygen atoms in total. The third-order valence-electron chi connectivity index (χ3n) is 4.07. The lowest BCUT2D eigenvalue weighted by atomic mass is 10.2. The highest BCUT2D eigenvalue weighted by Gasteiger charge is 2.28. The highest BCUT2D eigenvalue weighted by Crippen LogP contribution is 2.35. The number of hydrogen-bond donors (Lipinski definition) is 0. The summed E-state index contributed by atoms with van der Waals surface area (Å²) in [5.74, 6) is 0.128. The molecule has 3 rings (SSSR count). The van der Waals surface area contributed by atoms with Crippen molar-refractivity contribution >= 4 is 41.3 Å². The number of rotatable bonds is 5. The summed E-state index contributed by atoms with van der Waals surface area (Å²) in [6.07, 6.45) is 3.48. The van der Waals surface area contributed by atoms with Gasteiger partial charge in [-0.15, -0.1) is 11.3 Å². The third-order valence-corrected chi connectivity index (χ3v) is 6.82. The van der Waals surface area contributed by atoms with E-state index in [-0.39, 0.29) is 22.6 Å². The number of thiophene rings is 1.